The minimum Gasteiger partial charge on any atom is -0.369 e. The van der Waals surface area contributed by atoms with Crippen LogP contribution in [-0.2, 0) is 0 Å². The van der Waals surface area contributed by atoms with Crippen molar-refractivity contribution >= 4 is 39.0 Å². The molecule has 2 aromatic carbocycles. The molecule has 2 aromatic heterocycles. The van der Waals surface area contributed by atoms with Crippen LogP contribution in [0.15, 0.2) is 66.3 Å². The van der Waals surface area contributed by atoms with Crippen LogP contribution in [0.3, 0.4) is 0 Å². The van der Waals surface area contributed by atoms with Gasteiger partial charge in [0.05, 0.1) is 15.7 Å². The zero-order valence-corrected chi connectivity index (χ0v) is 15.2. The molecule has 4 rings (SSSR count). The van der Waals surface area contributed by atoms with E-state index in [1.807, 2.05) is 29.8 Å². The van der Waals surface area contributed by atoms with Crippen LogP contribution in [0.1, 0.15) is 18.4 Å². The Kier molecular flexibility index (Phi) is 4.75. The van der Waals surface area contributed by atoms with Crippen LogP contribution in [-0.4, -0.2) is 21.5 Å². The zero-order valence-electron chi connectivity index (χ0n) is 14.4. The monoisotopic (exact) mass is 361 g/mol. The highest BCUT2D eigenvalue weighted by Gasteiger charge is 2.06. The van der Waals surface area contributed by atoms with Crippen molar-refractivity contribution in [2.45, 2.75) is 12.8 Å². The largest absolute Gasteiger partial charge is 0.369 e. The van der Waals surface area contributed by atoms with E-state index in [1.54, 1.807) is 17.5 Å². The lowest BCUT2D eigenvalue weighted by Crippen LogP contribution is -2.11. The topological polar surface area (TPSA) is 62.7 Å². The summed E-state index contributed by atoms with van der Waals surface area (Å²) in [5, 5.41) is 6.66. The molecule has 5 nitrogen and oxygen atoms in total. The van der Waals surface area contributed by atoms with Gasteiger partial charge in [0.25, 0.3) is 0 Å². The Morgan fingerprint density at radius 2 is 1.92 bits per heavy atom. The molecule has 1 atom stereocenters. The van der Waals surface area contributed by atoms with E-state index < -0.39 is 0 Å². The van der Waals surface area contributed by atoms with Crippen molar-refractivity contribution in [3.8, 4) is 0 Å². The number of rotatable bonds is 6. The number of hydrogen-bond donors (Lipinski definition) is 2. The summed E-state index contributed by atoms with van der Waals surface area (Å²) in [5.41, 5.74) is 5.12. The fourth-order valence-electron chi connectivity index (χ4n) is 2.74. The van der Waals surface area contributed by atoms with Crippen LogP contribution >= 0.6 is 11.3 Å². The highest BCUT2D eigenvalue weighted by molar-refractivity contribution is 7.16. The Morgan fingerprint density at radius 1 is 1.04 bits per heavy atom. The molecule has 0 spiro atoms. The van der Waals surface area contributed by atoms with E-state index in [1.165, 1.54) is 5.56 Å². The molecule has 2 heterocycles. The van der Waals surface area contributed by atoms with E-state index in [4.69, 9.17) is 0 Å². The molecule has 4 aromatic rings. The molecule has 0 bridgehead atoms. The number of nitrogens with one attached hydrogen (secondary N) is 2. The molecule has 0 saturated carbocycles. The number of anilines is 3. The molecule has 0 radical (unpaired) electrons. The first-order chi connectivity index (χ1) is 12.8. The Labute approximate surface area is 156 Å². The maximum absolute atomic E-state index is 4.56. The van der Waals surface area contributed by atoms with Gasteiger partial charge in [0.2, 0.25) is 5.95 Å². The first-order valence-electron chi connectivity index (χ1n) is 8.50. The van der Waals surface area contributed by atoms with Crippen molar-refractivity contribution in [3.63, 3.8) is 0 Å². The molecular weight excluding hydrogens is 342 g/mol. The number of nitrogens with zero attached hydrogens (tertiary/aromatic N) is 3. The summed E-state index contributed by atoms with van der Waals surface area (Å²) in [6, 6.07) is 18.4. The van der Waals surface area contributed by atoms with Crippen LogP contribution < -0.4 is 10.6 Å². The average molecular weight is 361 g/mol. The molecule has 130 valence electrons. The van der Waals surface area contributed by atoms with E-state index in [9.17, 15) is 0 Å². The predicted octanol–water partition coefficient (Wildman–Crippen LogP) is 5.05. The number of hydrogen-bond acceptors (Lipinski definition) is 6. The van der Waals surface area contributed by atoms with Gasteiger partial charge in [-0.05, 0) is 35.7 Å². The van der Waals surface area contributed by atoms with Gasteiger partial charge in [-0.3, -0.25) is 0 Å². The second kappa shape index (κ2) is 7.49. The van der Waals surface area contributed by atoms with Crippen LogP contribution in [0.4, 0.5) is 17.5 Å². The van der Waals surface area contributed by atoms with E-state index in [0.29, 0.717) is 11.9 Å². The van der Waals surface area contributed by atoms with Gasteiger partial charge in [0.1, 0.15) is 5.82 Å². The van der Waals surface area contributed by atoms with Crippen molar-refractivity contribution in [2.24, 2.45) is 0 Å². The van der Waals surface area contributed by atoms with E-state index in [-0.39, 0.29) is 0 Å². The van der Waals surface area contributed by atoms with Gasteiger partial charge in [-0.25, -0.2) is 9.97 Å². The predicted molar refractivity (Wildman–Crippen MR) is 108 cm³/mol. The number of thiazole rings is 1. The third-order valence-corrected chi connectivity index (χ3v) is 4.99. The summed E-state index contributed by atoms with van der Waals surface area (Å²) in [6.45, 7) is 3.01. The average Bonchev–Trinajstić information content (AvgIpc) is 3.15. The summed E-state index contributed by atoms with van der Waals surface area (Å²) >= 11 is 1.62. The minimum absolute atomic E-state index is 0.399. The van der Waals surface area contributed by atoms with Gasteiger partial charge >= 0.3 is 0 Å². The lowest BCUT2D eigenvalue weighted by molar-refractivity contribution is 0.801. The molecule has 1 unspecified atom stereocenters. The summed E-state index contributed by atoms with van der Waals surface area (Å²) in [4.78, 5) is 13.2. The molecule has 26 heavy (non-hydrogen) atoms. The summed E-state index contributed by atoms with van der Waals surface area (Å²) < 4.78 is 1.14. The third kappa shape index (κ3) is 3.81. The van der Waals surface area contributed by atoms with Crippen LogP contribution in [0.5, 0.6) is 0 Å². The number of benzene rings is 2. The van der Waals surface area contributed by atoms with Crippen LogP contribution in [0.25, 0.3) is 10.2 Å². The standard InChI is InChI=1S/C20H19N5S/c1-14(15-5-3-2-4-6-15)12-22-19-9-10-21-20(25-19)24-16-7-8-17-18(11-16)26-13-23-17/h2-11,13-14H,12H2,1H3,(H2,21,22,24,25). The second-order valence-corrected chi connectivity index (χ2v) is 7.00. The maximum atomic E-state index is 4.56. The maximum Gasteiger partial charge on any atom is 0.229 e. The fourth-order valence-corrected chi connectivity index (χ4v) is 3.45. The van der Waals surface area contributed by atoms with Crippen molar-refractivity contribution in [1.29, 1.82) is 0 Å². The second-order valence-electron chi connectivity index (χ2n) is 6.12. The smallest absolute Gasteiger partial charge is 0.229 e. The molecular formula is C20H19N5S. The van der Waals surface area contributed by atoms with Crippen molar-refractivity contribution in [3.05, 3.63) is 71.9 Å². The quantitative estimate of drug-likeness (QED) is 0.503. The van der Waals surface area contributed by atoms with Crippen LogP contribution in [0, 0.1) is 0 Å². The lowest BCUT2D eigenvalue weighted by atomic mass is 10.0. The first kappa shape index (κ1) is 16.5. The van der Waals surface area contributed by atoms with E-state index in [2.05, 4.69) is 62.8 Å². The summed E-state index contributed by atoms with van der Waals surface area (Å²) in [5.74, 6) is 1.78. The van der Waals surface area contributed by atoms with E-state index in [0.717, 1.165) is 28.3 Å². The van der Waals surface area contributed by atoms with E-state index >= 15 is 0 Å². The Morgan fingerprint density at radius 3 is 2.81 bits per heavy atom. The molecule has 2 N–H and O–H groups in total. The Bertz CT molecular complexity index is 999. The molecule has 0 aliphatic rings. The minimum atomic E-state index is 0.399. The molecule has 0 aliphatic carbocycles. The summed E-state index contributed by atoms with van der Waals surface area (Å²) in [7, 11) is 0. The Balaban J connectivity index is 1.43. The van der Waals surface area contributed by atoms with Gasteiger partial charge in [0, 0.05) is 18.4 Å². The van der Waals surface area contributed by atoms with Crippen molar-refractivity contribution in [1.82, 2.24) is 15.0 Å². The highest BCUT2D eigenvalue weighted by Crippen LogP contribution is 2.23. The molecule has 0 saturated heterocycles. The SMILES string of the molecule is CC(CNc1ccnc(Nc2ccc3ncsc3c2)n1)c1ccccc1. The van der Waals surface area contributed by atoms with Gasteiger partial charge in [-0.15, -0.1) is 11.3 Å². The molecule has 0 aliphatic heterocycles. The first-order valence-corrected chi connectivity index (χ1v) is 9.38. The van der Waals surface area contributed by atoms with Gasteiger partial charge in [0.15, 0.2) is 0 Å². The normalized spacial score (nSPS) is 12.0. The third-order valence-electron chi connectivity index (χ3n) is 4.20. The fraction of sp³-hybridized carbons (Fsp3) is 0.150. The van der Waals surface area contributed by atoms with Crippen molar-refractivity contribution in [2.75, 3.05) is 17.2 Å². The summed E-state index contributed by atoms with van der Waals surface area (Å²) in [6.07, 6.45) is 1.76. The van der Waals surface area contributed by atoms with Crippen molar-refractivity contribution < 1.29 is 0 Å². The number of aromatic nitrogens is 3. The zero-order chi connectivity index (χ0) is 17.8. The van der Waals surface area contributed by atoms with Crippen LogP contribution in [0.2, 0.25) is 0 Å². The molecule has 6 heteroatoms. The Hall–Kier alpha value is -2.99. The highest BCUT2D eigenvalue weighted by atomic mass is 32.1. The van der Waals surface area contributed by atoms with Gasteiger partial charge < -0.3 is 10.6 Å². The van der Waals surface area contributed by atoms with Gasteiger partial charge in [-0.2, -0.15) is 4.98 Å². The number of fused-ring (bicyclic) bond motifs is 1. The lowest BCUT2D eigenvalue weighted by Gasteiger charge is -2.14. The molecule has 0 fully saturated rings. The van der Waals surface area contributed by atoms with Gasteiger partial charge in [-0.1, -0.05) is 37.3 Å². The molecule has 0 amide bonds.